The van der Waals surface area contributed by atoms with Crippen molar-refractivity contribution in [1.82, 2.24) is 15.0 Å². The van der Waals surface area contributed by atoms with Crippen LogP contribution in [-0.2, 0) is 11.3 Å². The number of nitrogens with zero attached hydrogens (tertiary/aromatic N) is 3. The van der Waals surface area contributed by atoms with Gasteiger partial charge in [-0.2, -0.15) is 4.98 Å². The van der Waals surface area contributed by atoms with Gasteiger partial charge in [-0.3, -0.25) is 9.69 Å². The van der Waals surface area contributed by atoms with Crippen LogP contribution in [0, 0.1) is 26.7 Å². The molecule has 0 atom stereocenters. The van der Waals surface area contributed by atoms with Crippen molar-refractivity contribution in [1.29, 1.82) is 0 Å². The number of amides is 1. The number of aryl methyl sites for hydroxylation is 3. The maximum Gasteiger partial charge on any atom is 0.241 e. The Morgan fingerprint density at radius 3 is 2.63 bits per heavy atom. The fourth-order valence-corrected chi connectivity index (χ4v) is 3.87. The van der Waals surface area contributed by atoms with Gasteiger partial charge in [0, 0.05) is 17.2 Å². The second kappa shape index (κ2) is 8.79. The SMILES string of the molecule is Cc1cccc(-c2noc(CN3CCC(C(=O)Nc4cc(C)ccc4C)CC3)n2)c1. The summed E-state index contributed by atoms with van der Waals surface area (Å²) in [6.45, 7) is 8.40. The third-order valence-electron chi connectivity index (χ3n) is 5.71. The van der Waals surface area contributed by atoms with E-state index in [9.17, 15) is 4.79 Å². The molecule has 6 heteroatoms. The van der Waals surface area contributed by atoms with Gasteiger partial charge in [-0.25, -0.2) is 0 Å². The topological polar surface area (TPSA) is 71.3 Å². The molecule has 1 fully saturated rings. The molecule has 1 aliphatic heterocycles. The number of hydrogen-bond acceptors (Lipinski definition) is 5. The predicted octanol–water partition coefficient (Wildman–Crippen LogP) is 4.51. The summed E-state index contributed by atoms with van der Waals surface area (Å²) in [6.07, 6.45) is 1.66. The molecule has 0 unspecified atom stereocenters. The maximum absolute atomic E-state index is 12.7. The molecule has 0 spiro atoms. The first-order valence-electron chi connectivity index (χ1n) is 10.5. The van der Waals surface area contributed by atoms with Crippen LogP contribution in [0.1, 0.15) is 35.4 Å². The minimum atomic E-state index is 0.0340. The number of hydrogen-bond donors (Lipinski definition) is 1. The van der Waals surface area contributed by atoms with Crippen LogP contribution in [0.2, 0.25) is 0 Å². The third-order valence-corrected chi connectivity index (χ3v) is 5.71. The summed E-state index contributed by atoms with van der Waals surface area (Å²) in [4.78, 5) is 19.5. The van der Waals surface area contributed by atoms with Crippen molar-refractivity contribution in [2.24, 2.45) is 5.92 Å². The number of piperidine rings is 1. The van der Waals surface area contributed by atoms with E-state index in [2.05, 4.69) is 32.5 Å². The molecular formula is C24H28N4O2. The fraction of sp³-hybridized carbons (Fsp3) is 0.375. The zero-order chi connectivity index (χ0) is 21.1. The molecule has 0 radical (unpaired) electrons. The van der Waals surface area contributed by atoms with Gasteiger partial charge in [-0.15, -0.1) is 0 Å². The van der Waals surface area contributed by atoms with E-state index in [1.54, 1.807) is 0 Å². The highest BCUT2D eigenvalue weighted by atomic mass is 16.5. The monoisotopic (exact) mass is 404 g/mol. The molecule has 0 bridgehead atoms. The molecule has 1 aliphatic rings. The quantitative estimate of drug-likeness (QED) is 0.677. The first-order valence-corrected chi connectivity index (χ1v) is 10.5. The van der Waals surface area contributed by atoms with Crippen LogP contribution in [0.4, 0.5) is 5.69 Å². The van der Waals surface area contributed by atoms with E-state index in [1.807, 2.05) is 51.1 Å². The van der Waals surface area contributed by atoms with E-state index in [4.69, 9.17) is 4.52 Å². The van der Waals surface area contributed by atoms with E-state index < -0.39 is 0 Å². The van der Waals surface area contributed by atoms with E-state index in [0.29, 0.717) is 18.3 Å². The molecule has 1 saturated heterocycles. The Balaban J connectivity index is 1.31. The number of anilines is 1. The Morgan fingerprint density at radius 2 is 1.87 bits per heavy atom. The molecule has 2 aromatic carbocycles. The Labute approximate surface area is 177 Å². The lowest BCUT2D eigenvalue weighted by Gasteiger charge is -2.30. The van der Waals surface area contributed by atoms with Crippen molar-refractivity contribution < 1.29 is 9.32 Å². The minimum absolute atomic E-state index is 0.0340. The lowest BCUT2D eigenvalue weighted by molar-refractivity contribution is -0.121. The van der Waals surface area contributed by atoms with Gasteiger partial charge in [0.05, 0.1) is 6.54 Å². The molecule has 1 N–H and O–H groups in total. The van der Waals surface area contributed by atoms with Crippen LogP contribution in [-0.4, -0.2) is 34.0 Å². The third kappa shape index (κ3) is 4.76. The molecule has 0 aliphatic carbocycles. The van der Waals surface area contributed by atoms with Crippen molar-refractivity contribution in [3.63, 3.8) is 0 Å². The summed E-state index contributed by atoms with van der Waals surface area (Å²) in [5.41, 5.74) is 5.28. The highest BCUT2D eigenvalue weighted by molar-refractivity contribution is 5.93. The Bertz CT molecular complexity index is 1040. The minimum Gasteiger partial charge on any atom is -0.338 e. The Hall–Kier alpha value is -2.99. The van der Waals surface area contributed by atoms with Crippen molar-refractivity contribution in [3.8, 4) is 11.4 Å². The van der Waals surface area contributed by atoms with Crippen molar-refractivity contribution >= 4 is 11.6 Å². The van der Waals surface area contributed by atoms with Crippen LogP contribution < -0.4 is 5.32 Å². The summed E-state index contributed by atoms with van der Waals surface area (Å²) >= 11 is 0. The molecule has 4 rings (SSSR count). The number of benzene rings is 2. The maximum atomic E-state index is 12.7. The van der Waals surface area contributed by atoms with Crippen LogP contribution in [0.3, 0.4) is 0 Å². The van der Waals surface area contributed by atoms with Crippen molar-refractivity contribution in [2.75, 3.05) is 18.4 Å². The summed E-state index contributed by atoms with van der Waals surface area (Å²) in [6, 6.07) is 14.2. The summed E-state index contributed by atoms with van der Waals surface area (Å²) in [7, 11) is 0. The van der Waals surface area contributed by atoms with Crippen LogP contribution in [0.25, 0.3) is 11.4 Å². The zero-order valence-corrected chi connectivity index (χ0v) is 17.8. The van der Waals surface area contributed by atoms with Gasteiger partial charge in [0.1, 0.15) is 0 Å². The zero-order valence-electron chi connectivity index (χ0n) is 17.8. The first-order chi connectivity index (χ1) is 14.5. The Kier molecular flexibility index (Phi) is 5.95. The van der Waals surface area contributed by atoms with Gasteiger partial charge in [0.15, 0.2) is 0 Å². The van der Waals surface area contributed by atoms with E-state index >= 15 is 0 Å². The van der Waals surface area contributed by atoms with Crippen LogP contribution in [0.15, 0.2) is 47.0 Å². The molecule has 30 heavy (non-hydrogen) atoms. The summed E-state index contributed by atoms with van der Waals surface area (Å²) in [5, 5.41) is 7.23. The van der Waals surface area contributed by atoms with Crippen molar-refractivity contribution in [3.05, 3.63) is 65.0 Å². The average Bonchev–Trinajstić information content (AvgIpc) is 3.20. The number of nitrogens with one attached hydrogen (secondary N) is 1. The number of aromatic nitrogens is 2. The second-order valence-corrected chi connectivity index (χ2v) is 8.24. The molecule has 3 aromatic rings. The molecule has 156 valence electrons. The van der Waals surface area contributed by atoms with Crippen LogP contribution >= 0.6 is 0 Å². The van der Waals surface area contributed by atoms with E-state index in [0.717, 1.165) is 48.3 Å². The smallest absolute Gasteiger partial charge is 0.241 e. The highest BCUT2D eigenvalue weighted by Crippen LogP contribution is 2.23. The Morgan fingerprint density at radius 1 is 1.10 bits per heavy atom. The van der Waals surface area contributed by atoms with Gasteiger partial charge in [0.25, 0.3) is 0 Å². The van der Waals surface area contributed by atoms with Crippen molar-refractivity contribution in [2.45, 2.75) is 40.2 Å². The van der Waals surface area contributed by atoms with Gasteiger partial charge < -0.3 is 9.84 Å². The number of carbonyl (C=O) groups is 1. The molecule has 6 nitrogen and oxygen atoms in total. The lowest BCUT2D eigenvalue weighted by Crippen LogP contribution is -2.37. The second-order valence-electron chi connectivity index (χ2n) is 8.24. The molecule has 0 saturated carbocycles. The first kappa shape index (κ1) is 20.3. The number of likely N-dealkylation sites (tertiary alicyclic amines) is 1. The van der Waals surface area contributed by atoms with Gasteiger partial charge in [-0.1, -0.05) is 41.1 Å². The molecule has 1 amide bonds. The normalized spacial score (nSPS) is 15.3. The largest absolute Gasteiger partial charge is 0.338 e. The van der Waals surface area contributed by atoms with Gasteiger partial charge in [-0.05, 0) is 70.0 Å². The highest BCUT2D eigenvalue weighted by Gasteiger charge is 2.26. The van der Waals surface area contributed by atoms with E-state index in [-0.39, 0.29) is 11.8 Å². The molecule has 1 aromatic heterocycles. The molecular weight excluding hydrogens is 376 g/mol. The lowest BCUT2D eigenvalue weighted by atomic mass is 9.95. The molecule has 2 heterocycles. The van der Waals surface area contributed by atoms with Gasteiger partial charge in [0.2, 0.25) is 17.6 Å². The van der Waals surface area contributed by atoms with Gasteiger partial charge >= 0.3 is 0 Å². The standard InChI is InChI=1S/C24H28N4O2/c1-16-5-4-6-20(13-16)23-26-22(30-27-23)15-28-11-9-19(10-12-28)24(29)25-21-14-17(2)7-8-18(21)3/h4-8,13-14,19H,9-12,15H2,1-3H3,(H,25,29). The number of rotatable bonds is 5. The number of carbonyl (C=O) groups excluding carboxylic acids is 1. The van der Waals surface area contributed by atoms with E-state index in [1.165, 1.54) is 5.56 Å². The average molecular weight is 405 g/mol. The summed E-state index contributed by atoms with van der Waals surface area (Å²) in [5.74, 6) is 1.39. The van der Waals surface area contributed by atoms with Crippen LogP contribution in [0.5, 0.6) is 0 Å². The fourth-order valence-electron chi connectivity index (χ4n) is 3.87. The summed E-state index contributed by atoms with van der Waals surface area (Å²) < 4.78 is 5.46. The predicted molar refractivity (Wildman–Crippen MR) is 117 cm³/mol.